The van der Waals surface area contributed by atoms with E-state index < -0.39 is 0 Å². The molecule has 2 N–H and O–H groups in total. The van der Waals surface area contributed by atoms with E-state index in [2.05, 4.69) is 4.98 Å². The average Bonchev–Trinajstić information content (AvgIpc) is 2.44. The summed E-state index contributed by atoms with van der Waals surface area (Å²) in [5.74, 6) is 0. The second-order valence-corrected chi connectivity index (χ2v) is 4.72. The molecule has 2 rings (SSSR count). The van der Waals surface area contributed by atoms with Gasteiger partial charge < -0.3 is 15.0 Å². The summed E-state index contributed by atoms with van der Waals surface area (Å²) in [6, 6.07) is 4.72. The first-order valence-corrected chi connectivity index (χ1v) is 6.59. The lowest BCUT2D eigenvalue weighted by atomic mass is 10.3. The molecule has 0 fully saturated rings. The van der Waals surface area contributed by atoms with Crippen LogP contribution in [-0.2, 0) is 13.1 Å². The smallest absolute Gasteiger partial charge is 0.299 e. The summed E-state index contributed by atoms with van der Waals surface area (Å²) in [6.07, 6.45) is 2.18. The molecule has 7 nitrogen and oxygen atoms in total. The van der Waals surface area contributed by atoms with Crippen LogP contribution >= 0.6 is 0 Å². The van der Waals surface area contributed by atoms with Gasteiger partial charge in [0.2, 0.25) is 0 Å². The Kier molecular flexibility index (Phi) is 4.42. The van der Waals surface area contributed by atoms with E-state index in [-0.39, 0.29) is 17.1 Å². The highest BCUT2D eigenvalue weighted by atomic mass is 16.5. The predicted molar refractivity (Wildman–Crippen MR) is 79.5 cm³/mol. The van der Waals surface area contributed by atoms with Gasteiger partial charge in [0.25, 0.3) is 17.1 Å². The van der Waals surface area contributed by atoms with Gasteiger partial charge in [-0.15, -0.1) is 0 Å². The summed E-state index contributed by atoms with van der Waals surface area (Å²) in [4.78, 5) is 27.7. The number of aromatic nitrogens is 3. The van der Waals surface area contributed by atoms with Crippen LogP contribution in [0.25, 0.3) is 0 Å². The Labute approximate surface area is 121 Å². The van der Waals surface area contributed by atoms with Crippen molar-refractivity contribution in [2.24, 2.45) is 0 Å². The van der Waals surface area contributed by atoms with Crippen LogP contribution in [-0.4, -0.2) is 21.2 Å². The van der Waals surface area contributed by atoms with E-state index in [9.17, 15) is 9.59 Å². The molecule has 2 aromatic rings. The molecule has 0 saturated carbocycles. The van der Waals surface area contributed by atoms with Gasteiger partial charge >= 0.3 is 0 Å². The second kappa shape index (κ2) is 6.25. The maximum absolute atomic E-state index is 11.9. The molecule has 0 atom stereocenters. The van der Waals surface area contributed by atoms with Gasteiger partial charge in [-0.05, 0) is 19.4 Å². The number of nitrogens with zero attached hydrogens (tertiary/aromatic N) is 3. The number of methoxy groups -OCH3 is 1. The van der Waals surface area contributed by atoms with Crippen LogP contribution < -0.4 is 21.6 Å². The van der Waals surface area contributed by atoms with Crippen LogP contribution in [0.15, 0.2) is 34.0 Å². The van der Waals surface area contributed by atoms with Gasteiger partial charge in [0.15, 0.2) is 0 Å². The third kappa shape index (κ3) is 3.50. The Balaban J connectivity index is 2.12. The zero-order valence-electron chi connectivity index (χ0n) is 12.1. The topological polar surface area (TPSA) is 92.1 Å². The van der Waals surface area contributed by atoms with Crippen molar-refractivity contribution in [3.05, 3.63) is 50.8 Å². The number of hydrogen-bond acceptors (Lipinski definition) is 5. The molecular formula is C14H18N4O3. The quantitative estimate of drug-likeness (QED) is 0.860. The molecule has 0 amide bonds. The lowest BCUT2D eigenvalue weighted by molar-refractivity contribution is 0.339. The van der Waals surface area contributed by atoms with Gasteiger partial charge in [0.05, 0.1) is 7.11 Å². The molecule has 0 aliphatic carbocycles. The van der Waals surface area contributed by atoms with Gasteiger partial charge in [-0.1, -0.05) is 0 Å². The number of nitrogens with two attached hydrogens (primary N) is 1. The maximum atomic E-state index is 11.9. The second-order valence-electron chi connectivity index (χ2n) is 4.72. The summed E-state index contributed by atoms with van der Waals surface area (Å²) in [5, 5.41) is 0. The largest absolute Gasteiger partial charge is 0.468 e. The molecule has 0 aliphatic heterocycles. The standard InChI is InChI=1S/C14H18N4O3/c1-10-8-13(20)18(14(16-10)21-2)7-3-6-17-9-11(15)4-5-12(17)19/h4-5,8-9H,3,6-7,15H2,1-2H3. The molecule has 2 heterocycles. The first-order chi connectivity index (χ1) is 10.0. The van der Waals surface area contributed by atoms with Crippen molar-refractivity contribution in [1.29, 1.82) is 0 Å². The first-order valence-electron chi connectivity index (χ1n) is 6.59. The normalized spacial score (nSPS) is 10.6. The molecular weight excluding hydrogens is 272 g/mol. The van der Waals surface area contributed by atoms with Crippen molar-refractivity contribution < 1.29 is 4.74 Å². The van der Waals surface area contributed by atoms with Crippen molar-refractivity contribution in [3.63, 3.8) is 0 Å². The van der Waals surface area contributed by atoms with Crippen LogP contribution in [0.3, 0.4) is 0 Å². The minimum Gasteiger partial charge on any atom is -0.468 e. The Morgan fingerprint density at radius 1 is 1.24 bits per heavy atom. The fourth-order valence-corrected chi connectivity index (χ4v) is 2.08. The van der Waals surface area contributed by atoms with E-state index >= 15 is 0 Å². The number of rotatable bonds is 5. The molecule has 7 heteroatoms. The Hall–Kier alpha value is -2.57. The first kappa shape index (κ1) is 14.8. The van der Waals surface area contributed by atoms with Crippen molar-refractivity contribution in [3.8, 4) is 6.01 Å². The third-order valence-electron chi connectivity index (χ3n) is 3.07. The molecule has 0 radical (unpaired) electrons. The lowest BCUT2D eigenvalue weighted by Gasteiger charge is -2.11. The van der Waals surface area contributed by atoms with Gasteiger partial charge in [-0.2, -0.15) is 0 Å². The van der Waals surface area contributed by atoms with Crippen LogP contribution in [0.1, 0.15) is 12.1 Å². The molecule has 0 bridgehead atoms. The van der Waals surface area contributed by atoms with E-state index in [0.29, 0.717) is 30.9 Å². The fourth-order valence-electron chi connectivity index (χ4n) is 2.08. The summed E-state index contributed by atoms with van der Waals surface area (Å²) in [7, 11) is 1.47. The summed E-state index contributed by atoms with van der Waals surface area (Å²) in [5.41, 5.74) is 6.50. The SMILES string of the molecule is COc1nc(C)cc(=O)n1CCCn1cc(N)ccc1=O. The number of aryl methyl sites for hydroxylation is 2. The number of pyridine rings is 1. The Bertz CT molecular complexity index is 749. The monoisotopic (exact) mass is 290 g/mol. The molecule has 112 valence electrons. The predicted octanol–water partition coefficient (Wildman–Crippen LogP) is 0.395. The van der Waals surface area contributed by atoms with Gasteiger partial charge in [0.1, 0.15) is 0 Å². The minimum atomic E-state index is -0.167. The summed E-state index contributed by atoms with van der Waals surface area (Å²) < 4.78 is 8.09. The maximum Gasteiger partial charge on any atom is 0.299 e. The summed E-state index contributed by atoms with van der Waals surface area (Å²) in [6.45, 7) is 2.62. The zero-order chi connectivity index (χ0) is 15.4. The molecule has 0 unspecified atom stereocenters. The van der Waals surface area contributed by atoms with E-state index in [0.717, 1.165) is 0 Å². The van der Waals surface area contributed by atoms with Crippen molar-refractivity contribution in [2.45, 2.75) is 26.4 Å². The van der Waals surface area contributed by atoms with Crippen LogP contribution in [0, 0.1) is 6.92 Å². The van der Waals surface area contributed by atoms with Crippen molar-refractivity contribution >= 4 is 5.69 Å². The third-order valence-corrected chi connectivity index (χ3v) is 3.07. The van der Waals surface area contributed by atoms with E-state index in [1.807, 2.05) is 0 Å². The molecule has 21 heavy (non-hydrogen) atoms. The lowest BCUT2D eigenvalue weighted by Crippen LogP contribution is -2.25. The number of hydrogen-bond donors (Lipinski definition) is 1. The highest BCUT2D eigenvalue weighted by Gasteiger charge is 2.07. The van der Waals surface area contributed by atoms with E-state index in [1.54, 1.807) is 19.2 Å². The van der Waals surface area contributed by atoms with E-state index in [1.165, 1.54) is 28.4 Å². The molecule has 0 aromatic carbocycles. The fraction of sp³-hybridized carbons (Fsp3) is 0.357. The minimum absolute atomic E-state index is 0.120. The van der Waals surface area contributed by atoms with Crippen LogP contribution in [0.5, 0.6) is 6.01 Å². The molecule has 0 saturated heterocycles. The van der Waals surface area contributed by atoms with Crippen LogP contribution in [0.4, 0.5) is 5.69 Å². The number of anilines is 1. The van der Waals surface area contributed by atoms with Crippen molar-refractivity contribution in [2.75, 3.05) is 12.8 Å². The molecule has 0 aliphatic rings. The van der Waals surface area contributed by atoms with Crippen molar-refractivity contribution in [1.82, 2.24) is 14.1 Å². The highest BCUT2D eigenvalue weighted by Crippen LogP contribution is 2.06. The summed E-state index contributed by atoms with van der Waals surface area (Å²) >= 11 is 0. The number of nitrogen functional groups attached to an aromatic ring is 1. The number of ether oxygens (including phenoxy) is 1. The molecule has 0 spiro atoms. The van der Waals surface area contributed by atoms with E-state index in [4.69, 9.17) is 10.5 Å². The van der Waals surface area contributed by atoms with Crippen LogP contribution in [0.2, 0.25) is 0 Å². The molecule has 2 aromatic heterocycles. The van der Waals surface area contributed by atoms with Gasteiger partial charge in [-0.3, -0.25) is 14.2 Å². The van der Waals surface area contributed by atoms with Gasteiger partial charge in [0, 0.05) is 42.8 Å². The Morgan fingerprint density at radius 2 is 2.00 bits per heavy atom. The zero-order valence-corrected chi connectivity index (χ0v) is 12.1. The highest BCUT2D eigenvalue weighted by molar-refractivity contribution is 5.33. The Morgan fingerprint density at radius 3 is 2.71 bits per heavy atom. The van der Waals surface area contributed by atoms with Gasteiger partial charge in [-0.25, -0.2) is 4.98 Å². The average molecular weight is 290 g/mol.